The van der Waals surface area contributed by atoms with Crippen molar-refractivity contribution in [3.63, 3.8) is 0 Å². The molecule has 0 saturated carbocycles. The molecule has 0 aliphatic rings. The molecule has 104 valence electrons. The molecule has 0 radical (unpaired) electrons. The van der Waals surface area contributed by atoms with Crippen LogP contribution < -0.4 is 10.9 Å². The molecule has 0 aliphatic heterocycles. The van der Waals surface area contributed by atoms with E-state index in [0.29, 0.717) is 11.0 Å². The first-order chi connectivity index (χ1) is 9.28. The average Bonchev–Trinajstić information content (AvgIpc) is 2.89. The van der Waals surface area contributed by atoms with Crippen LogP contribution >= 0.6 is 12.0 Å². The first kappa shape index (κ1) is 15.5. The molecule has 2 rings (SSSR count). The predicted molar refractivity (Wildman–Crippen MR) is 81.3 cm³/mol. The Hall–Kier alpha value is -1.59. The van der Waals surface area contributed by atoms with E-state index in [2.05, 4.69) is 17.8 Å². The number of nitrogens with one attached hydrogen (secondary N) is 2. The Morgan fingerprint density at radius 2 is 1.68 bits per heavy atom. The number of hydrazine groups is 1. The lowest BCUT2D eigenvalue weighted by Gasteiger charge is -2.06. The third kappa shape index (κ3) is 5.28. The van der Waals surface area contributed by atoms with Crippen molar-refractivity contribution in [3.05, 3.63) is 42.0 Å². The highest BCUT2D eigenvalue weighted by atomic mass is 32.2. The fraction of sp³-hybridized carbons (Fsp3) is 0.286. The number of benzene rings is 1. The summed E-state index contributed by atoms with van der Waals surface area (Å²) in [4.78, 5) is 0. The van der Waals surface area contributed by atoms with Gasteiger partial charge in [-0.3, -0.25) is 10.9 Å². The number of anilines is 2. The molecule has 0 unspecified atom stereocenters. The molecule has 1 aromatic carbocycles. The second-order valence-corrected chi connectivity index (χ2v) is 4.39. The van der Waals surface area contributed by atoms with Gasteiger partial charge in [0.25, 0.3) is 0 Å². The number of hydrogen-bond donors (Lipinski definition) is 2. The van der Waals surface area contributed by atoms with Gasteiger partial charge < -0.3 is 8.60 Å². The van der Waals surface area contributed by atoms with Crippen LogP contribution in [-0.4, -0.2) is 7.11 Å². The summed E-state index contributed by atoms with van der Waals surface area (Å²) in [5, 5.41) is 0.709. The summed E-state index contributed by atoms with van der Waals surface area (Å²) in [6.07, 6.45) is 0. The summed E-state index contributed by atoms with van der Waals surface area (Å²) in [5.41, 5.74) is 8.23. The Kier molecular flexibility index (Phi) is 6.92. The highest BCUT2D eigenvalue weighted by Crippen LogP contribution is 2.23. The van der Waals surface area contributed by atoms with Gasteiger partial charge in [0.2, 0.25) is 5.88 Å². The minimum absolute atomic E-state index is 0.644. The standard InChI is InChI=1S/C12H14N2O2S.C2H6/c1-9-3-5-10(6-4-9)13-14-11-7-8-12(16-11)17-15-2;1-2/h3-8,13-14H,1-2H3;1-2H3. The van der Waals surface area contributed by atoms with Gasteiger partial charge in [-0.15, -0.1) is 0 Å². The summed E-state index contributed by atoms with van der Waals surface area (Å²) in [6, 6.07) is 11.7. The Morgan fingerprint density at radius 1 is 1.00 bits per heavy atom. The monoisotopic (exact) mass is 280 g/mol. The van der Waals surface area contributed by atoms with Crippen LogP contribution in [0.2, 0.25) is 0 Å². The lowest BCUT2D eigenvalue weighted by molar-refractivity contribution is 0.443. The molecule has 1 aromatic heterocycles. The van der Waals surface area contributed by atoms with E-state index < -0.39 is 0 Å². The predicted octanol–water partition coefficient (Wildman–Crippen LogP) is 4.71. The van der Waals surface area contributed by atoms with Gasteiger partial charge in [0, 0.05) is 6.07 Å². The molecule has 0 spiro atoms. The van der Waals surface area contributed by atoms with Gasteiger partial charge in [0.15, 0.2) is 5.09 Å². The molecule has 2 N–H and O–H groups in total. The fourth-order valence-electron chi connectivity index (χ4n) is 1.28. The van der Waals surface area contributed by atoms with Crippen molar-refractivity contribution >= 4 is 23.6 Å². The second-order valence-electron chi connectivity index (χ2n) is 3.48. The van der Waals surface area contributed by atoms with Crippen LogP contribution in [0.3, 0.4) is 0 Å². The van der Waals surface area contributed by atoms with E-state index in [1.54, 1.807) is 7.11 Å². The van der Waals surface area contributed by atoms with Gasteiger partial charge in [-0.2, -0.15) is 0 Å². The molecule has 0 atom stereocenters. The Labute approximate surface area is 118 Å². The second kappa shape index (κ2) is 8.50. The number of rotatable bonds is 5. The topological polar surface area (TPSA) is 46.4 Å². The minimum atomic E-state index is 0.644. The van der Waals surface area contributed by atoms with Crippen molar-refractivity contribution in [2.75, 3.05) is 18.0 Å². The van der Waals surface area contributed by atoms with Crippen LogP contribution in [-0.2, 0) is 4.18 Å². The zero-order valence-corrected chi connectivity index (χ0v) is 12.5. The fourth-order valence-corrected chi connectivity index (χ4v) is 1.70. The van der Waals surface area contributed by atoms with Crippen molar-refractivity contribution in [2.24, 2.45) is 0 Å². The number of hydrogen-bond acceptors (Lipinski definition) is 5. The van der Waals surface area contributed by atoms with Gasteiger partial charge in [-0.1, -0.05) is 31.5 Å². The zero-order valence-electron chi connectivity index (χ0n) is 11.7. The van der Waals surface area contributed by atoms with Gasteiger partial charge in [0.1, 0.15) is 0 Å². The third-order valence-electron chi connectivity index (χ3n) is 2.13. The molecular formula is C14H20N2O2S. The molecule has 19 heavy (non-hydrogen) atoms. The van der Waals surface area contributed by atoms with Gasteiger partial charge in [0.05, 0.1) is 24.8 Å². The van der Waals surface area contributed by atoms with Crippen LogP contribution in [0.15, 0.2) is 45.9 Å². The molecule has 0 saturated heterocycles. The lowest BCUT2D eigenvalue weighted by atomic mass is 10.2. The first-order valence-electron chi connectivity index (χ1n) is 6.17. The molecule has 0 fully saturated rings. The molecule has 1 heterocycles. The van der Waals surface area contributed by atoms with Crippen molar-refractivity contribution < 1.29 is 8.60 Å². The van der Waals surface area contributed by atoms with E-state index in [-0.39, 0.29) is 0 Å². The van der Waals surface area contributed by atoms with Crippen LogP contribution in [0, 0.1) is 6.92 Å². The molecule has 0 bridgehead atoms. The largest absolute Gasteiger partial charge is 0.430 e. The molecule has 0 aliphatic carbocycles. The van der Waals surface area contributed by atoms with Crippen LogP contribution in [0.25, 0.3) is 0 Å². The minimum Gasteiger partial charge on any atom is -0.430 e. The summed E-state index contributed by atoms with van der Waals surface area (Å²) in [7, 11) is 1.60. The van der Waals surface area contributed by atoms with Crippen LogP contribution in [0.1, 0.15) is 19.4 Å². The molecule has 0 amide bonds. The van der Waals surface area contributed by atoms with E-state index in [0.717, 1.165) is 5.69 Å². The van der Waals surface area contributed by atoms with Crippen LogP contribution in [0.5, 0.6) is 0 Å². The van der Waals surface area contributed by atoms with Crippen molar-refractivity contribution in [1.82, 2.24) is 0 Å². The highest BCUT2D eigenvalue weighted by molar-refractivity contribution is 7.94. The van der Waals surface area contributed by atoms with E-state index in [1.807, 2.05) is 50.2 Å². The smallest absolute Gasteiger partial charge is 0.212 e. The Bertz CT molecular complexity index is 469. The maximum atomic E-state index is 5.43. The molecule has 4 nitrogen and oxygen atoms in total. The summed E-state index contributed by atoms with van der Waals surface area (Å²) in [6.45, 7) is 6.05. The zero-order chi connectivity index (χ0) is 14.1. The van der Waals surface area contributed by atoms with Crippen LogP contribution in [0.4, 0.5) is 11.6 Å². The molecular weight excluding hydrogens is 260 g/mol. The van der Waals surface area contributed by atoms with E-state index in [9.17, 15) is 0 Å². The first-order valence-corrected chi connectivity index (χ1v) is 6.91. The quantitative estimate of drug-likeness (QED) is 0.613. The van der Waals surface area contributed by atoms with Crippen molar-refractivity contribution in [1.29, 1.82) is 0 Å². The Morgan fingerprint density at radius 3 is 2.32 bits per heavy atom. The van der Waals surface area contributed by atoms with Gasteiger partial charge in [-0.05, 0) is 25.1 Å². The van der Waals surface area contributed by atoms with E-state index in [1.165, 1.54) is 17.6 Å². The summed E-state index contributed by atoms with van der Waals surface area (Å²) in [5.74, 6) is 0.644. The highest BCUT2D eigenvalue weighted by Gasteiger charge is 2.01. The van der Waals surface area contributed by atoms with Gasteiger partial charge >= 0.3 is 0 Å². The maximum absolute atomic E-state index is 5.43. The Balaban J connectivity index is 0.000000861. The number of furan rings is 1. The molecule has 5 heteroatoms. The third-order valence-corrected chi connectivity index (χ3v) is 2.68. The summed E-state index contributed by atoms with van der Waals surface area (Å²) < 4.78 is 10.3. The molecule has 2 aromatic rings. The normalized spacial score (nSPS) is 9.47. The average molecular weight is 280 g/mol. The summed E-state index contributed by atoms with van der Waals surface area (Å²) >= 11 is 1.19. The van der Waals surface area contributed by atoms with Crippen molar-refractivity contribution in [3.8, 4) is 0 Å². The lowest BCUT2D eigenvalue weighted by Crippen LogP contribution is -2.07. The van der Waals surface area contributed by atoms with Crippen molar-refractivity contribution in [2.45, 2.75) is 25.9 Å². The maximum Gasteiger partial charge on any atom is 0.212 e. The number of aryl methyl sites for hydroxylation is 1. The SMILES string of the molecule is CC.COSc1ccc(NNc2ccc(C)cc2)o1. The van der Waals surface area contributed by atoms with E-state index in [4.69, 9.17) is 8.60 Å². The van der Waals surface area contributed by atoms with E-state index >= 15 is 0 Å². The van der Waals surface area contributed by atoms with Gasteiger partial charge in [-0.25, -0.2) is 0 Å².